The Morgan fingerprint density at radius 1 is 1.05 bits per heavy atom. The van der Waals surface area contributed by atoms with E-state index in [2.05, 4.69) is 46.1 Å². The molecule has 0 aromatic heterocycles. The summed E-state index contributed by atoms with van der Waals surface area (Å²) in [6, 6.07) is 3.84. The van der Waals surface area contributed by atoms with Gasteiger partial charge in [0.15, 0.2) is 0 Å². The average Bonchev–Trinajstić information content (AvgIpc) is 2.94. The number of nitriles is 1. The maximum Gasteiger partial charge on any atom is 0.220 e. The van der Waals surface area contributed by atoms with Crippen LogP contribution in [0.4, 0.5) is 0 Å². The minimum atomic E-state index is -0.0867. The minimum Gasteiger partial charge on any atom is -0.377 e. The van der Waals surface area contributed by atoms with Gasteiger partial charge in [-0.3, -0.25) is 4.79 Å². The fraction of sp³-hybridized carbons (Fsp3) is 0.938. The summed E-state index contributed by atoms with van der Waals surface area (Å²) in [6.07, 6.45) is 9.15. The van der Waals surface area contributed by atoms with E-state index in [1.807, 2.05) is 21.0 Å². The molecule has 4 rings (SSSR count). The number of nitrogens with zero attached hydrogens (tertiary/aromatic N) is 2. The number of hydrogen-bond donors (Lipinski definition) is 4. The number of rotatable bonds is 12. The lowest BCUT2D eigenvalue weighted by atomic mass is 9.69. The molecular weight excluding hydrogens is 516 g/mol. The van der Waals surface area contributed by atoms with E-state index in [0.29, 0.717) is 49.6 Å². The molecule has 2 aliphatic carbocycles. The molecule has 4 fully saturated rings. The lowest BCUT2D eigenvalue weighted by Crippen LogP contribution is -2.66. The molecule has 0 aromatic carbocycles. The summed E-state index contributed by atoms with van der Waals surface area (Å²) in [5, 5.41) is 24.8. The summed E-state index contributed by atoms with van der Waals surface area (Å²) in [6.45, 7) is 10.9. The molecule has 0 radical (unpaired) electrons. The van der Waals surface area contributed by atoms with Crippen molar-refractivity contribution in [2.24, 2.45) is 23.7 Å². The monoisotopic (exact) mass is 574 g/mol. The Morgan fingerprint density at radius 3 is 2.59 bits per heavy atom. The number of ether oxygens (including phenoxy) is 2. The van der Waals surface area contributed by atoms with Gasteiger partial charge in [0.05, 0.1) is 36.8 Å². The molecule has 0 bridgehead atoms. The smallest absolute Gasteiger partial charge is 0.220 e. The molecule has 0 spiro atoms. The number of carbonyl (C=O) groups excluding carboxylic acids is 1. The Hall–Kier alpha value is -1.28. The second-order valence-electron chi connectivity index (χ2n) is 13.7. The molecular formula is C32H58N6O3. The van der Waals surface area contributed by atoms with E-state index < -0.39 is 0 Å². The van der Waals surface area contributed by atoms with Crippen molar-refractivity contribution in [1.82, 2.24) is 26.2 Å². The first kappa shape index (κ1) is 32.6. The molecule has 234 valence electrons. The number of piperidine rings is 2. The molecule has 1 amide bonds. The van der Waals surface area contributed by atoms with E-state index in [0.717, 1.165) is 58.2 Å². The van der Waals surface area contributed by atoms with Gasteiger partial charge < -0.3 is 35.6 Å². The molecule has 9 heteroatoms. The Kier molecular flexibility index (Phi) is 12.7. The number of fused-ring (bicyclic) bond motifs is 1. The maximum absolute atomic E-state index is 12.9. The van der Waals surface area contributed by atoms with Crippen LogP contribution in [0.3, 0.4) is 0 Å². The normalized spacial score (nSPS) is 39.6. The molecule has 4 aliphatic rings. The molecule has 41 heavy (non-hydrogen) atoms. The fourth-order valence-electron chi connectivity index (χ4n) is 7.85. The second kappa shape index (κ2) is 16.0. The molecule has 2 heterocycles. The van der Waals surface area contributed by atoms with E-state index in [9.17, 15) is 10.1 Å². The van der Waals surface area contributed by atoms with Gasteiger partial charge in [0.25, 0.3) is 0 Å². The highest BCUT2D eigenvalue weighted by atomic mass is 16.5. The van der Waals surface area contributed by atoms with Crippen LogP contribution in [0.25, 0.3) is 0 Å². The predicted molar refractivity (Wildman–Crippen MR) is 162 cm³/mol. The van der Waals surface area contributed by atoms with Gasteiger partial charge in [-0.25, -0.2) is 0 Å². The summed E-state index contributed by atoms with van der Waals surface area (Å²) in [5.74, 6) is 1.47. The van der Waals surface area contributed by atoms with Gasteiger partial charge in [0, 0.05) is 43.7 Å². The highest BCUT2D eigenvalue weighted by Crippen LogP contribution is 2.37. The van der Waals surface area contributed by atoms with Crippen molar-refractivity contribution in [2.75, 3.05) is 46.9 Å². The number of nitrogens with one attached hydrogen (secondary N) is 4. The molecule has 2 saturated carbocycles. The van der Waals surface area contributed by atoms with Gasteiger partial charge in [-0.15, -0.1) is 0 Å². The van der Waals surface area contributed by atoms with Crippen molar-refractivity contribution >= 4 is 5.91 Å². The van der Waals surface area contributed by atoms with Crippen LogP contribution in [0.5, 0.6) is 0 Å². The van der Waals surface area contributed by atoms with Crippen molar-refractivity contribution < 1.29 is 14.3 Å². The first-order valence-corrected chi connectivity index (χ1v) is 16.6. The third-order valence-electron chi connectivity index (χ3n) is 10.3. The molecule has 2 saturated heterocycles. The first-order chi connectivity index (χ1) is 19.8. The van der Waals surface area contributed by atoms with E-state index in [1.165, 1.54) is 12.8 Å². The van der Waals surface area contributed by atoms with Crippen molar-refractivity contribution in [3.8, 4) is 6.07 Å². The number of amides is 1. The summed E-state index contributed by atoms with van der Waals surface area (Å²) in [5.41, 5.74) is 0. The predicted octanol–water partition coefficient (Wildman–Crippen LogP) is 2.66. The Balaban J connectivity index is 1.35. The molecule has 0 aromatic rings. The molecule has 2 aliphatic heterocycles. The maximum atomic E-state index is 12.9. The zero-order chi connectivity index (χ0) is 29.4. The van der Waals surface area contributed by atoms with E-state index in [-0.39, 0.29) is 42.0 Å². The van der Waals surface area contributed by atoms with Crippen molar-refractivity contribution in [1.29, 1.82) is 5.26 Å². The molecule has 11 atom stereocenters. The van der Waals surface area contributed by atoms with Gasteiger partial charge in [-0.2, -0.15) is 5.26 Å². The SMILES string of the molecule is CCOC1CC2NCC(C#N)C(NC3CCC(OCC4NCCCC4C)CC3C)C2CC1NC(=O)CCCN(C)C. The van der Waals surface area contributed by atoms with Crippen LogP contribution in [0.15, 0.2) is 0 Å². The van der Waals surface area contributed by atoms with Crippen molar-refractivity contribution in [3.05, 3.63) is 0 Å². The molecule has 4 N–H and O–H groups in total. The Morgan fingerprint density at radius 2 is 1.88 bits per heavy atom. The number of hydrogen-bond acceptors (Lipinski definition) is 8. The number of carbonyl (C=O) groups is 1. The average molecular weight is 575 g/mol. The first-order valence-electron chi connectivity index (χ1n) is 16.6. The van der Waals surface area contributed by atoms with Crippen LogP contribution < -0.4 is 21.3 Å². The lowest BCUT2D eigenvalue weighted by Gasteiger charge is -2.50. The minimum absolute atomic E-state index is 0.00119. The summed E-state index contributed by atoms with van der Waals surface area (Å²) >= 11 is 0. The zero-order valence-electron chi connectivity index (χ0n) is 26.4. The van der Waals surface area contributed by atoms with Crippen LogP contribution in [-0.4, -0.2) is 100 Å². The van der Waals surface area contributed by atoms with Crippen LogP contribution >= 0.6 is 0 Å². The van der Waals surface area contributed by atoms with Gasteiger partial charge in [0.1, 0.15) is 0 Å². The van der Waals surface area contributed by atoms with E-state index >= 15 is 0 Å². The lowest BCUT2D eigenvalue weighted by molar-refractivity contribution is -0.124. The highest BCUT2D eigenvalue weighted by molar-refractivity contribution is 5.76. The zero-order valence-corrected chi connectivity index (χ0v) is 26.4. The fourth-order valence-corrected chi connectivity index (χ4v) is 7.85. The topological polar surface area (TPSA) is 111 Å². The van der Waals surface area contributed by atoms with Gasteiger partial charge >= 0.3 is 0 Å². The van der Waals surface area contributed by atoms with Crippen LogP contribution in [0.1, 0.15) is 78.6 Å². The quantitative estimate of drug-likeness (QED) is 0.282. The van der Waals surface area contributed by atoms with Crippen LogP contribution in [-0.2, 0) is 14.3 Å². The van der Waals surface area contributed by atoms with E-state index in [1.54, 1.807) is 0 Å². The van der Waals surface area contributed by atoms with Crippen LogP contribution in [0, 0.1) is 35.0 Å². The largest absolute Gasteiger partial charge is 0.377 e. The summed E-state index contributed by atoms with van der Waals surface area (Å²) in [7, 11) is 4.07. The van der Waals surface area contributed by atoms with Gasteiger partial charge in [-0.05, 0) is 103 Å². The van der Waals surface area contributed by atoms with Crippen molar-refractivity contribution in [2.45, 2.75) is 121 Å². The summed E-state index contributed by atoms with van der Waals surface area (Å²) in [4.78, 5) is 15.0. The highest BCUT2D eigenvalue weighted by Gasteiger charge is 2.47. The standard InChI is InChI=1S/C32H58N6O3/c1-6-40-30-17-27-25(16-28(30)36-31(39)10-8-14-38(4)5)32(23(18-33)19-35-27)37-26-12-11-24(15-22(26)3)41-20-29-21(2)9-7-13-34-29/h21-30,32,34-35,37H,6-17,19-20H2,1-5H3,(H,36,39). The third-order valence-corrected chi connectivity index (χ3v) is 10.3. The Labute approximate surface area is 249 Å². The Bertz CT molecular complexity index is 852. The second-order valence-corrected chi connectivity index (χ2v) is 13.7. The summed E-state index contributed by atoms with van der Waals surface area (Å²) < 4.78 is 12.6. The van der Waals surface area contributed by atoms with Crippen molar-refractivity contribution in [3.63, 3.8) is 0 Å². The molecule has 9 nitrogen and oxygen atoms in total. The van der Waals surface area contributed by atoms with E-state index in [4.69, 9.17) is 9.47 Å². The molecule has 11 unspecified atom stereocenters. The van der Waals surface area contributed by atoms with Gasteiger partial charge in [-0.1, -0.05) is 13.8 Å². The van der Waals surface area contributed by atoms with Crippen LogP contribution in [0.2, 0.25) is 0 Å². The van der Waals surface area contributed by atoms with Gasteiger partial charge in [0.2, 0.25) is 5.91 Å². The third kappa shape index (κ3) is 9.11.